The van der Waals surface area contributed by atoms with Crippen molar-refractivity contribution in [2.45, 2.75) is 24.3 Å². The number of nitrogens with zero attached hydrogens (tertiary/aromatic N) is 2. The number of anilines is 3. The van der Waals surface area contributed by atoms with Crippen LogP contribution in [0.4, 0.5) is 16.5 Å². The average Bonchev–Trinajstić information content (AvgIpc) is 3.30. The minimum absolute atomic E-state index is 0.104. The quantitative estimate of drug-likeness (QED) is 0.628. The van der Waals surface area contributed by atoms with Crippen LogP contribution in [0.1, 0.15) is 12.5 Å². The molecule has 1 atom stereocenters. The first-order chi connectivity index (χ1) is 13.9. The molecule has 150 valence electrons. The Kier molecular flexibility index (Phi) is 5.25. The fourth-order valence-electron chi connectivity index (χ4n) is 3.39. The second-order valence-corrected chi connectivity index (χ2v) is 9.40. The number of amides is 1. The fraction of sp³-hybridized carbons (Fsp3) is 0.200. The Labute approximate surface area is 173 Å². The first kappa shape index (κ1) is 19.4. The van der Waals surface area contributed by atoms with Crippen LogP contribution in [0.5, 0.6) is 0 Å². The SMILES string of the molecule is CC1Cc2ccccc2N1CC(=O)Nc1ccc(S(=O)(=O)Nc2nccs2)cc1. The summed E-state index contributed by atoms with van der Waals surface area (Å²) in [5.41, 5.74) is 2.88. The molecule has 2 aromatic carbocycles. The molecule has 3 aromatic rings. The highest BCUT2D eigenvalue weighted by Crippen LogP contribution is 2.31. The van der Waals surface area contributed by atoms with Gasteiger partial charge in [0.05, 0.1) is 11.4 Å². The second-order valence-electron chi connectivity index (χ2n) is 6.83. The zero-order valence-corrected chi connectivity index (χ0v) is 17.3. The number of sulfonamides is 1. The van der Waals surface area contributed by atoms with Gasteiger partial charge in [0.1, 0.15) is 0 Å². The average molecular weight is 429 g/mol. The number of carbonyl (C=O) groups is 1. The lowest BCUT2D eigenvalue weighted by Crippen LogP contribution is -2.37. The fourth-order valence-corrected chi connectivity index (χ4v) is 5.18. The lowest BCUT2D eigenvalue weighted by molar-refractivity contribution is -0.115. The van der Waals surface area contributed by atoms with E-state index in [9.17, 15) is 13.2 Å². The number of benzene rings is 2. The van der Waals surface area contributed by atoms with E-state index in [0.717, 1.165) is 12.1 Å². The van der Waals surface area contributed by atoms with Gasteiger partial charge >= 0.3 is 0 Å². The Hall–Kier alpha value is -2.91. The molecule has 0 saturated heterocycles. The number of hydrogen-bond acceptors (Lipinski definition) is 6. The molecule has 2 heterocycles. The summed E-state index contributed by atoms with van der Waals surface area (Å²) in [6.45, 7) is 2.34. The molecule has 0 spiro atoms. The van der Waals surface area contributed by atoms with Crippen LogP contribution < -0.4 is 14.9 Å². The van der Waals surface area contributed by atoms with Crippen molar-refractivity contribution < 1.29 is 13.2 Å². The third kappa shape index (κ3) is 4.25. The van der Waals surface area contributed by atoms with E-state index in [1.807, 2.05) is 18.2 Å². The van der Waals surface area contributed by atoms with Gasteiger partial charge < -0.3 is 10.2 Å². The van der Waals surface area contributed by atoms with E-state index in [-0.39, 0.29) is 23.4 Å². The molecule has 1 aliphatic heterocycles. The number of para-hydroxylation sites is 1. The molecule has 0 bridgehead atoms. The van der Waals surface area contributed by atoms with Crippen molar-refractivity contribution in [3.05, 3.63) is 65.7 Å². The molecule has 1 amide bonds. The van der Waals surface area contributed by atoms with Crippen LogP contribution in [0.3, 0.4) is 0 Å². The second kappa shape index (κ2) is 7.84. The highest BCUT2D eigenvalue weighted by molar-refractivity contribution is 7.93. The van der Waals surface area contributed by atoms with Crippen molar-refractivity contribution in [1.82, 2.24) is 4.98 Å². The summed E-state index contributed by atoms with van der Waals surface area (Å²) in [4.78, 5) is 18.6. The van der Waals surface area contributed by atoms with Crippen LogP contribution in [0.2, 0.25) is 0 Å². The molecule has 0 saturated carbocycles. The van der Waals surface area contributed by atoms with Crippen molar-refractivity contribution in [2.24, 2.45) is 0 Å². The lowest BCUT2D eigenvalue weighted by atomic mass is 10.1. The van der Waals surface area contributed by atoms with Crippen LogP contribution in [0, 0.1) is 0 Å². The largest absolute Gasteiger partial charge is 0.359 e. The van der Waals surface area contributed by atoms with E-state index in [2.05, 4.69) is 32.9 Å². The van der Waals surface area contributed by atoms with E-state index in [0.29, 0.717) is 10.8 Å². The van der Waals surface area contributed by atoms with Crippen molar-refractivity contribution in [1.29, 1.82) is 0 Å². The maximum absolute atomic E-state index is 12.5. The summed E-state index contributed by atoms with van der Waals surface area (Å²) in [6.07, 6.45) is 2.45. The van der Waals surface area contributed by atoms with Gasteiger partial charge in [-0.15, -0.1) is 11.3 Å². The number of thiazole rings is 1. The summed E-state index contributed by atoms with van der Waals surface area (Å²) in [5.74, 6) is -0.148. The number of carbonyl (C=O) groups excluding carboxylic acids is 1. The van der Waals surface area contributed by atoms with E-state index in [1.165, 1.54) is 35.2 Å². The van der Waals surface area contributed by atoms with E-state index < -0.39 is 10.0 Å². The summed E-state index contributed by atoms with van der Waals surface area (Å²) < 4.78 is 27.2. The number of aromatic nitrogens is 1. The first-order valence-electron chi connectivity index (χ1n) is 9.09. The minimum atomic E-state index is -3.71. The van der Waals surface area contributed by atoms with E-state index >= 15 is 0 Å². The number of hydrogen-bond donors (Lipinski definition) is 2. The molecule has 29 heavy (non-hydrogen) atoms. The maximum atomic E-state index is 12.5. The molecule has 4 rings (SSSR count). The number of nitrogens with one attached hydrogen (secondary N) is 2. The molecule has 0 fully saturated rings. The Morgan fingerprint density at radius 2 is 1.97 bits per heavy atom. The van der Waals surface area contributed by atoms with Crippen molar-refractivity contribution in [3.63, 3.8) is 0 Å². The van der Waals surface area contributed by atoms with E-state index in [1.54, 1.807) is 17.5 Å². The Bertz CT molecular complexity index is 1110. The monoisotopic (exact) mass is 428 g/mol. The molecule has 7 nitrogen and oxygen atoms in total. The molecular weight excluding hydrogens is 408 g/mol. The van der Waals surface area contributed by atoms with Gasteiger partial charge in [-0.3, -0.25) is 9.52 Å². The minimum Gasteiger partial charge on any atom is -0.359 e. The molecule has 0 radical (unpaired) electrons. The molecule has 2 N–H and O–H groups in total. The highest BCUT2D eigenvalue weighted by atomic mass is 32.2. The van der Waals surface area contributed by atoms with Gasteiger partial charge in [-0.25, -0.2) is 13.4 Å². The molecular formula is C20H20N4O3S2. The molecule has 0 aliphatic carbocycles. The smallest absolute Gasteiger partial charge is 0.263 e. The molecule has 1 aliphatic rings. The normalized spacial score (nSPS) is 15.8. The van der Waals surface area contributed by atoms with Crippen LogP contribution in [-0.4, -0.2) is 31.9 Å². The van der Waals surface area contributed by atoms with Gasteiger partial charge in [0.25, 0.3) is 10.0 Å². The molecule has 1 aromatic heterocycles. The molecule has 1 unspecified atom stereocenters. The Morgan fingerprint density at radius 1 is 1.21 bits per heavy atom. The van der Waals surface area contributed by atoms with Crippen molar-refractivity contribution >= 4 is 43.8 Å². The zero-order valence-electron chi connectivity index (χ0n) is 15.7. The van der Waals surface area contributed by atoms with Crippen LogP contribution in [0.25, 0.3) is 0 Å². The predicted molar refractivity (Wildman–Crippen MR) is 115 cm³/mol. The maximum Gasteiger partial charge on any atom is 0.263 e. The van der Waals surface area contributed by atoms with Crippen molar-refractivity contribution in [2.75, 3.05) is 21.5 Å². The standard InChI is InChI=1S/C20H20N4O3S2/c1-14-12-15-4-2-3-5-18(15)24(14)13-19(25)22-16-6-8-17(9-7-16)29(26,27)23-20-21-10-11-28-20/h2-11,14H,12-13H2,1H3,(H,21,23)(H,22,25). The number of rotatable bonds is 6. The summed E-state index contributed by atoms with van der Waals surface area (Å²) >= 11 is 1.20. The number of fused-ring (bicyclic) bond motifs is 1. The Balaban J connectivity index is 1.41. The predicted octanol–water partition coefficient (Wildman–Crippen LogP) is 3.33. The topological polar surface area (TPSA) is 91.4 Å². The van der Waals surface area contributed by atoms with Crippen LogP contribution in [0.15, 0.2) is 65.0 Å². The van der Waals surface area contributed by atoms with Gasteiger partial charge in [-0.1, -0.05) is 18.2 Å². The summed E-state index contributed by atoms with van der Waals surface area (Å²) in [7, 11) is -3.71. The summed E-state index contributed by atoms with van der Waals surface area (Å²) in [6, 6.07) is 14.4. The van der Waals surface area contributed by atoms with Gasteiger partial charge in [-0.2, -0.15) is 0 Å². The zero-order chi connectivity index (χ0) is 20.4. The van der Waals surface area contributed by atoms with Crippen molar-refractivity contribution in [3.8, 4) is 0 Å². The highest BCUT2D eigenvalue weighted by Gasteiger charge is 2.27. The summed E-state index contributed by atoms with van der Waals surface area (Å²) in [5, 5.41) is 4.84. The lowest BCUT2D eigenvalue weighted by Gasteiger charge is -2.24. The van der Waals surface area contributed by atoms with Crippen LogP contribution >= 0.6 is 11.3 Å². The molecule has 9 heteroatoms. The third-order valence-corrected chi connectivity index (χ3v) is 6.94. The van der Waals surface area contributed by atoms with Gasteiger partial charge in [0.15, 0.2) is 5.13 Å². The van der Waals surface area contributed by atoms with Gasteiger partial charge in [0.2, 0.25) is 5.91 Å². The van der Waals surface area contributed by atoms with Gasteiger partial charge in [-0.05, 0) is 49.2 Å². The van der Waals surface area contributed by atoms with Gasteiger partial charge in [0, 0.05) is 29.0 Å². The Morgan fingerprint density at radius 3 is 2.69 bits per heavy atom. The third-order valence-electron chi connectivity index (χ3n) is 4.76. The first-order valence-corrected chi connectivity index (χ1v) is 11.5. The van der Waals surface area contributed by atoms with Crippen LogP contribution in [-0.2, 0) is 21.2 Å². The van der Waals surface area contributed by atoms with E-state index in [4.69, 9.17) is 0 Å².